The molecule has 1 heterocycles. The molecule has 0 amide bonds. The Balaban J connectivity index is 1.62. The van der Waals surface area contributed by atoms with Crippen LogP contribution in [0.5, 0.6) is 0 Å². The molecule has 0 atom stereocenters. The Kier molecular flexibility index (Phi) is 7.27. The third-order valence-corrected chi connectivity index (χ3v) is 6.00. The van der Waals surface area contributed by atoms with Gasteiger partial charge in [-0.2, -0.15) is 0 Å². The van der Waals surface area contributed by atoms with Crippen LogP contribution < -0.4 is 10.5 Å². The molecular weight excluding hydrogens is 455 g/mol. The van der Waals surface area contributed by atoms with E-state index in [0.717, 1.165) is 27.1 Å². The number of halogens is 2. The third kappa shape index (κ3) is 5.92. The Morgan fingerprint density at radius 2 is 1.79 bits per heavy atom. The molecule has 0 aliphatic carbocycles. The summed E-state index contributed by atoms with van der Waals surface area (Å²) in [6.07, 6.45) is 1.70. The zero-order chi connectivity index (χ0) is 23.2. The maximum absolute atomic E-state index is 14.8. The second kappa shape index (κ2) is 10.5. The largest absolute Gasteiger partial charge is 0.369 e. The van der Waals surface area contributed by atoms with Crippen molar-refractivity contribution in [3.05, 3.63) is 107 Å². The number of hydrogen-bond acceptors (Lipinski definition) is 3. The minimum atomic E-state index is -0.310. The highest BCUT2D eigenvalue weighted by molar-refractivity contribution is 7.98. The summed E-state index contributed by atoms with van der Waals surface area (Å²) in [5.41, 5.74) is 10.4. The number of benzene rings is 3. The molecule has 33 heavy (non-hydrogen) atoms. The van der Waals surface area contributed by atoms with Crippen molar-refractivity contribution in [1.82, 2.24) is 9.71 Å². The molecule has 0 aliphatic heterocycles. The summed E-state index contributed by atoms with van der Waals surface area (Å²) in [5.74, 6) is 0.000386. The van der Waals surface area contributed by atoms with Crippen molar-refractivity contribution in [2.45, 2.75) is 18.4 Å². The van der Waals surface area contributed by atoms with Crippen LogP contribution in [0.3, 0.4) is 0 Å². The normalized spacial score (nSPS) is 11.4. The first kappa shape index (κ1) is 22.8. The molecular formula is C26H22ClFN4S. The zero-order valence-corrected chi connectivity index (χ0v) is 19.5. The fourth-order valence-electron chi connectivity index (χ4n) is 3.28. The second-order valence-corrected chi connectivity index (χ2v) is 8.76. The van der Waals surface area contributed by atoms with Crippen molar-refractivity contribution >= 4 is 29.5 Å². The second-order valence-electron chi connectivity index (χ2n) is 7.45. The maximum Gasteiger partial charge on any atom is 0.199 e. The standard InChI is InChI=1S/C26H22ClFN4S/c1-17-7-12-22(24(28)13-17)25-23(19-8-10-20(27)11-9-19)14-18(15-30-25)16-31-26(29)32-33-21-5-3-2-4-6-21/h2-15H,16H2,1H3,(H3,29,31,32). The smallest absolute Gasteiger partial charge is 0.199 e. The van der Waals surface area contributed by atoms with Crippen LogP contribution in [-0.4, -0.2) is 10.9 Å². The Bertz CT molecular complexity index is 1280. The third-order valence-electron chi connectivity index (χ3n) is 4.93. The van der Waals surface area contributed by atoms with Crippen LogP contribution in [0.1, 0.15) is 11.1 Å². The van der Waals surface area contributed by atoms with E-state index >= 15 is 0 Å². The SMILES string of the molecule is Cc1ccc(-c2ncc(CN=C(N)NSc3ccccc3)cc2-c2ccc(Cl)cc2)c(F)c1. The molecule has 0 unspecified atom stereocenters. The van der Waals surface area contributed by atoms with E-state index in [0.29, 0.717) is 28.8 Å². The zero-order valence-electron chi connectivity index (χ0n) is 17.9. The Morgan fingerprint density at radius 3 is 2.52 bits per heavy atom. The molecule has 4 nitrogen and oxygen atoms in total. The van der Waals surface area contributed by atoms with Crippen LogP contribution in [-0.2, 0) is 6.54 Å². The molecule has 0 radical (unpaired) electrons. The number of rotatable bonds is 6. The number of nitrogens with one attached hydrogen (secondary N) is 1. The molecule has 0 spiro atoms. The van der Waals surface area contributed by atoms with Crippen molar-refractivity contribution in [3.8, 4) is 22.4 Å². The van der Waals surface area contributed by atoms with E-state index < -0.39 is 0 Å². The summed E-state index contributed by atoms with van der Waals surface area (Å²) in [5, 5.41) is 0.630. The summed E-state index contributed by atoms with van der Waals surface area (Å²) >= 11 is 7.46. The average Bonchev–Trinajstić information content (AvgIpc) is 2.83. The predicted molar refractivity (Wildman–Crippen MR) is 136 cm³/mol. The van der Waals surface area contributed by atoms with Crippen molar-refractivity contribution in [1.29, 1.82) is 0 Å². The molecule has 0 saturated heterocycles. The number of pyridine rings is 1. The lowest BCUT2D eigenvalue weighted by molar-refractivity contribution is 0.629. The van der Waals surface area contributed by atoms with Gasteiger partial charge in [0.05, 0.1) is 12.2 Å². The summed E-state index contributed by atoms with van der Waals surface area (Å²) in [4.78, 5) is 10.1. The van der Waals surface area contributed by atoms with Gasteiger partial charge in [0.25, 0.3) is 0 Å². The molecule has 4 aromatic rings. The van der Waals surface area contributed by atoms with Gasteiger partial charge in [0.1, 0.15) is 5.82 Å². The van der Waals surface area contributed by atoms with Gasteiger partial charge in [-0.3, -0.25) is 9.71 Å². The molecule has 0 saturated carbocycles. The highest BCUT2D eigenvalue weighted by atomic mass is 35.5. The summed E-state index contributed by atoms with van der Waals surface area (Å²) in [6, 6.07) is 24.4. The fourth-order valence-corrected chi connectivity index (χ4v) is 3.99. The van der Waals surface area contributed by atoms with E-state index in [1.807, 2.05) is 61.5 Å². The average molecular weight is 477 g/mol. The van der Waals surface area contributed by atoms with Crippen LogP contribution in [0.25, 0.3) is 22.4 Å². The van der Waals surface area contributed by atoms with Gasteiger partial charge in [-0.15, -0.1) is 0 Å². The van der Waals surface area contributed by atoms with Gasteiger partial charge in [0.15, 0.2) is 5.96 Å². The lowest BCUT2D eigenvalue weighted by atomic mass is 9.97. The lowest BCUT2D eigenvalue weighted by Crippen LogP contribution is -2.25. The van der Waals surface area contributed by atoms with Gasteiger partial charge in [0.2, 0.25) is 0 Å². The number of hydrogen-bond donors (Lipinski definition) is 2. The molecule has 7 heteroatoms. The minimum absolute atomic E-state index is 0.310. The molecule has 3 aromatic carbocycles. The highest BCUT2D eigenvalue weighted by Crippen LogP contribution is 2.33. The fraction of sp³-hybridized carbons (Fsp3) is 0.0769. The van der Waals surface area contributed by atoms with Crippen LogP contribution in [0.15, 0.2) is 94.9 Å². The minimum Gasteiger partial charge on any atom is -0.369 e. The van der Waals surface area contributed by atoms with Gasteiger partial charge in [-0.1, -0.05) is 48.0 Å². The van der Waals surface area contributed by atoms with Crippen LogP contribution in [0.2, 0.25) is 5.02 Å². The quantitative estimate of drug-likeness (QED) is 0.186. The van der Waals surface area contributed by atoms with Gasteiger partial charge < -0.3 is 5.73 Å². The first-order valence-electron chi connectivity index (χ1n) is 10.3. The number of aryl methyl sites for hydroxylation is 1. The topological polar surface area (TPSA) is 63.3 Å². The van der Waals surface area contributed by atoms with Gasteiger partial charge in [0, 0.05) is 27.2 Å². The van der Waals surface area contributed by atoms with E-state index in [4.69, 9.17) is 17.3 Å². The Morgan fingerprint density at radius 1 is 1.03 bits per heavy atom. The summed E-state index contributed by atoms with van der Waals surface area (Å²) in [7, 11) is 0. The van der Waals surface area contributed by atoms with Crippen LogP contribution in [0.4, 0.5) is 4.39 Å². The van der Waals surface area contributed by atoms with Crippen molar-refractivity contribution in [2.75, 3.05) is 0 Å². The number of nitrogens with two attached hydrogens (primary N) is 1. The molecule has 0 bridgehead atoms. The van der Waals surface area contributed by atoms with Crippen LogP contribution >= 0.6 is 23.5 Å². The molecule has 1 aromatic heterocycles. The van der Waals surface area contributed by atoms with E-state index in [1.165, 1.54) is 18.0 Å². The van der Waals surface area contributed by atoms with Crippen LogP contribution in [0, 0.1) is 12.7 Å². The Labute approximate surface area is 201 Å². The van der Waals surface area contributed by atoms with Crippen molar-refractivity contribution < 1.29 is 4.39 Å². The molecule has 4 rings (SSSR count). The van der Waals surface area contributed by atoms with Gasteiger partial charge in [-0.05, 0) is 78.0 Å². The molecule has 3 N–H and O–H groups in total. The van der Waals surface area contributed by atoms with Gasteiger partial charge in [-0.25, -0.2) is 9.38 Å². The van der Waals surface area contributed by atoms with Gasteiger partial charge >= 0.3 is 0 Å². The number of aliphatic imine (C=N–C) groups is 1. The predicted octanol–water partition coefficient (Wildman–Crippen LogP) is 6.63. The molecule has 0 fully saturated rings. The lowest BCUT2D eigenvalue weighted by Gasteiger charge is -2.13. The first-order chi connectivity index (χ1) is 16.0. The monoisotopic (exact) mass is 476 g/mol. The summed E-state index contributed by atoms with van der Waals surface area (Å²) in [6.45, 7) is 2.19. The van der Waals surface area contributed by atoms with E-state index in [-0.39, 0.29) is 5.82 Å². The summed E-state index contributed by atoms with van der Waals surface area (Å²) < 4.78 is 17.8. The Hall–Kier alpha value is -3.35. The first-order valence-corrected chi connectivity index (χ1v) is 11.5. The maximum atomic E-state index is 14.8. The molecule has 0 aliphatic rings. The van der Waals surface area contributed by atoms with Crippen molar-refractivity contribution in [3.63, 3.8) is 0 Å². The highest BCUT2D eigenvalue weighted by Gasteiger charge is 2.14. The van der Waals surface area contributed by atoms with Crippen molar-refractivity contribution in [2.24, 2.45) is 10.7 Å². The number of guanidine groups is 1. The van der Waals surface area contributed by atoms with E-state index in [2.05, 4.69) is 14.7 Å². The molecule has 166 valence electrons. The number of nitrogens with zero attached hydrogens (tertiary/aromatic N) is 2. The van der Waals surface area contributed by atoms with E-state index in [9.17, 15) is 4.39 Å². The number of aromatic nitrogens is 1. The van der Waals surface area contributed by atoms with E-state index in [1.54, 1.807) is 24.4 Å².